The predicted octanol–water partition coefficient (Wildman–Crippen LogP) is 3.84. The summed E-state index contributed by atoms with van der Waals surface area (Å²) in [6.45, 7) is 0.412. The molecule has 1 heterocycles. The van der Waals surface area contributed by atoms with Crippen LogP contribution in [-0.2, 0) is 14.8 Å². The van der Waals surface area contributed by atoms with E-state index in [1.807, 2.05) is 0 Å². The summed E-state index contributed by atoms with van der Waals surface area (Å²) in [7, 11) is -3.74. The Morgan fingerprint density at radius 2 is 1.63 bits per heavy atom. The first-order valence-corrected chi connectivity index (χ1v) is 12.9. The second kappa shape index (κ2) is 7.59. The second-order valence-corrected chi connectivity index (χ2v) is 12.1. The fourth-order valence-corrected chi connectivity index (χ4v) is 8.75. The lowest BCUT2D eigenvalue weighted by Crippen LogP contribution is -2.60. The summed E-state index contributed by atoms with van der Waals surface area (Å²) >= 11 is 0. The summed E-state index contributed by atoms with van der Waals surface area (Å²) in [6, 6.07) is 4.64. The minimum atomic E-state index is -3.74. The SMILES string of the molecule is O=C(CC1CCCCN1S(=O)(=O)c1ccc(F)cc1)NC12CC3CC(CC(C3)C1)C2. The van der Waals surface area contributed by atoms with Crippen molar-refractivity contribution in [3.05, 3.63) is 30.1 Å². The summed E-state index contributed by atoms with van der Waals surface area (Å²) in [5.41, 5.74) is -0.0544. The molecule has 1 unspecified atom stereocenters. The highest BCUT2D eigenvalue weighted by Gasteiger charge is 2.51. The van der Waals surface area contributed by atoms with Gasteiger partial charge < -0.3 is 5.32 Å². The van der Waals surface area contributed by atoms with E-state index in [0.717, 1.165) is 49.9 Å². The molecule has 7 heteroatoms. The number of hydrogen-bond acceptors (Lipinski definition) is 3. The highest BCUT2D eigenvalue weighted by atomic mass is 32.2. The number of hydrogen-bond donors (Lipinski definition) is 1. The van der Waals surface area contributed by atoms with Crippen molar-refractivity contribution < 1.29 is 17.6 Å². The Bertz CT molecular complexity index is 880. The zero-order valence-electron chi connectivity index (χ0n) is 17.4. The molecule has 1 saturated heterocycles. The number of halogens is 1. The quantitative estimate of drug-likeness (QED) is 0.766. The molecule has 1 aliphatic heterocycles. The van der Waals surface area contributed by atoms with Crippen molar-refractivity contribution in [1.29, 1.82) is 0 Å². The number of nitrogens with one attached hydrogen (secondary N) is 1. The molecule has 0 radical (unpaired) electrons. The zero-order valence-corrected chi connectivity index (χ0v) is 18.2. The third-order valence-corrected chi connectivity index (χ3v) is 9.82. The van der Waals surface area contributed by atoms with Crippen molar-refractivity contribution in [2.75, 3.05) is 6.54 Å². The van der Waals surface area contributed by atoms with Crippen LogP contribution in [0.25, 0.3) is 0 Å². The first-order valence-electron chi connectivity index (χ1n) is 11.4. The van der Waals surface area contributed by atoms with Gasteiger partial charge in [-0.05, 0) is 93.4 Å². The molecule has 4 aliphatic carbocycles. The second-order valence-electron chi connectivity index (χ2n) is 10.2. The van der Waals surface area contributed by atoms with Crippen molar-refractivity contribution in [2.24, 2.45) is 17.8 Å². The van der Waals surface area contributed by atoms with Crippen LogP contribution >= 0.6 is 0 Å². The van der Waals surface area contributed by atoms with Crippen LogP contribution in [0.1, 0.15) is 64.2 Å². The van der Waals surface area contributed by atoms with Crippen molar-refractivity contribution in [3.63, 3.8) is 0 Å². The lowest BCUT2D eigenvalue weighted by Gasteiger charge is -2.57. The molecule has 1 aromatic rings. The minimum Gasteiger partial charge on any atom is -0.351 e. The molecule has 1 aromatic carbocycles. The average molecular weight is 435 g/mol. The van der Waals surface area contributed by atoms with E-state index in [9.17, 15) is 17.6 Å². The van der Waals surface area contributed by atoms with Crippen LogP contribution in [0.2, 0.25) is 0 Å². The van der Waals surface area contributed by atoms with E-state index in [2.05, 4.69) is 5.32 Å². The molecular weight excluding hydrogens is 403 g/mol. The largest absolute Gasteiger partial charge is 0.351 e. The Kier molecular flexibility index (Phi) is 5.17. The molecule has 6 rings (SSSR count). The summed E-state index contributed by atoms with van der Waals surface area (Å²) in [4.78, 5) is 13.2. The van der Waals surface area contributed by atoms with Gasteiger partial charge >= 0.3 is 0 Å². The highest BCUT2D eigenvalue weighted by Crippen LogP contribution is 2.55. The highest BCUT2D eigenvalue weighted by molar-refractivity contribution is 7.89. The van der Waals surface area contributed by atoms with Crippen molar-refractivity contribution in [1.82, 2.24) is 9.62 Å². The topological polar surface area (TPSA) is 66.5 Å². The molecule has 1 atom stereocenters. The van der Waals surface area contributed by atoms with E-state index in [0.29, 0.717) is 13.0 Å². The molecule has 4 saturated carbocycles. The monoisotopic (exact) mass is 434 g/mol. The number of amides is 1. The number of rotatable bonds is 5. The molecule has 1 N–H and O–H groups in total. The Morgan fingerprint density at radius 3 is 2.23 bits per heavy atom. The van der Waals surface area contributed by atoms with Gasteiger partial charge in [0.1, 0.15) is 5.82 Å². The molecule has 5 nitrogen and oxygen atoms in total. The van der Waals surface area contributed by atoms with E-state index in [-0.39, 0.29) is 28.8 Å². The summed E-state index contributed by atoms with van der Waals surface area (Å²) in [5.74, 6) is 1.78. The van der Waals surface area contributed by atoms with Crippen LogP contribution in [-0.4, -0.2) is 36.8 Å². The lowest BCUT2D eigenvalue weighted by molar-refractivity contribution is -0.127. The summed E-state index contributed by atoms with van der Waals surface area (Å²) < 4.78 is 41.1. The fraction of sp³-hybridized carbons (Fsp3) is 0.696. The standard InChI is InChI=1S/C23H31FN2O3S/c24-19-4-6-21(7-5-19)30(28,29)26-8-2-1-3-20(26)12-22(27)25-23-13-16-9-17(14-23)11-18(10-16)15-23/h4-7,16-18,20H,1-3,8-15H2,(H,25,27). The molecule has 30 heavy (non-hydrogen) atoms. The molecule has 0 aromatic heterocycles. The Morgan fingerprint density at radius 1 is 1.03 bits per heavy atom. The summed E-state index contributed by atoms with van der Waals surface area (Å²) in [6.07, 6.45) is 9.84. The molecule has 164 valence electrons. The maximum Gasteiger partial charge on any atom is 0.243 e. The van der Waals surface area contributed by atoms with Crippen LogP contribution < -0.4 is 5.32 Å². The van der Waals surface area contributed by atoms with Gasteiger partial charge in [-0.3, -0.25) is 4.79 Å². The van der Waals surface area contributed by atoms with Gasteiger partial charge in [0.25, 0.3) is 0 Å². The minimum absolute atomic E-state index is 0.0110. The van der Waals surface area contributed by atoms with Crippen LogP contribution in [0.3, 0.4) is 0 Å². The van der Waals surface area contributed by atoms with Gasteiger partial charge in [-0.1, -0.05) is 6.42 Å². The van der Waals surface area contributed by atoms with Gasteiger partial charge in [-0.2, -0.15) is 4.31 Å². The van der Waals surface area contributed by atoms with Crippen molar-refractivity contribution >= 4 is 15.9 Å². The Labute approximate surface area is 178 Å². The van der Waals surface area contributed by atoms with Crippen molar-refractivity contribution in [2.45, 2.75) is 80.7 Å². The average Bonchev–Trinajstić information content (AvgIpc) is 2.67. The lowest BCUT2D eigenvalue weighted by atomic mass is 9.53. The number of piperidine rings is 1. The predicted molar refractivity (Wildman–Crippen MR) is 112 cm³/mol. The van der Waals surface area contributed by atoms with Gasteiger partial charge in [-0.15, -0.1) is 0 Å². The number of benzene rings is 1. The number of carbonyl (C=O) groups is 1. The van der Waals surface area contributed by atoms with E-state index in [1.54, 1.807) is 0 Å². The third kappa shape index (κ3) is 3.79. The van der Waals surface area contributed by atoms with E-state index in [1.165, 1.54) is 47.8 Å². The molecular formula is C23H31FN2O3S. The summed E-state index contributed by atoms with van der Waals surface area (Å²) in [5, 5.41) is 3.38. The smallest absolute Gasteiger partial charge is 0.243 e. The Balaban J connectivity index is 1.29. The molecule has 1 amide bonds. The number of carbonyl (C=O) groups excluding carboxylic acids is 1. The van der Waals surface area contributed by atoms with Gasteiger partial charge in [0.15, 0.2) is 0 Å². The maximum atomic E-state index is 13.3. The molecule has 5 aliphatic rings. The van der Waals surface area contributed by atoms with E-state index in [4.69, 9.17) is 0 Å². The van der Waals surface area contributed by atoms with Gasteiger partial charge in [-0.25, -0.2) is 12.8 Å². The van der Waals surface area contributed by atoms with Crippen molar-refractivity contribution in [3.8, 4) is 0 Å². The van der Waals surface area contributed by atoms with Crippen LogP contribution in [0.15, 0.2) is 29.2 Å². The number of nitrogens with zero attached hydrogens (tertiary/aromatic N) is 1. The number of sulfonamides is 1. The maximum absolute atomic E-state index is 13.3. The van der Waals surface area contributed by atoms with Crippen LogP contribution in [0, 0.1) is 23.6 Å². The first-order chi connectivity index (χ1) is 14.3. The van der Waals surface area contributed by atoms with E-state index >= 15 is 0 Å². The van der Waals surface area contributed by atoms with Crippen LogP contribution in [0.5, 0.6) is 0 Å². The Hall–Kier alpha value is -1.47. The molecule has 4 bridgehead atoms. The fourth-order valence-electron chi connectivity index (χ4n) is 7.06. The molecule has 5 fully saturated rings. The van der Waals surface area contributed by atoms with Gasteiger partial charge in [0.05, 0.1) is 4.90 Å². The normalized spacial score (nSPS) is 36.0. The van der Waals surface area contributed by atoms with Crippen LogP contribution in [0.4, 0.5) is 4.39 Å². The first kappa shape index (κ1) is 20.4. The van der Waals surface area contributed by atoms with Gasteiger partial charge in [0, 0.05) is 24.5 Å². The molecule has 0 spiro atoms. The zero-order chi connectivity index (χ0) is 20.9. The third-order valence-electron chi connectivity index (χ3n) is 7.86. The van der Waals surface area contributed by atoms with E-state index < -0.39 is 15.8 Å². The van der Waals surface area contributed by atoms with Gasteiger partial charge in [0.2, 0.25) is 15.9 Å².